The molecule has 2 N–H and O–H groups in total. The van der Waals surface area contributed by atoms with Gasteiger partial charge >= 0.3 is 0 Å². The molecule has 0 spiro atoms. The molecule has 0 aliphatic heterocycles. The van der Waals surface area contributed by atoms with Gasteiger partial charge in [0.15, 0.2) is 5.82 Å². The highest BCUT2D eigenvalue weighted by atomic mass is 79.9. The third-order valence-electron chi connectivity index (χ3n) is 1.83. The Hall–Kier alpha value is -1.27. The summed E-state index contributed by atoms with van der Waals surface area (Å²) in [5.74, 6) is 0.0529. The summed E-state index contributed by atoms with van der Waals surface area (Å²) in [7, 11) is 0. The normalized spacial score (nSPS) is 10.6. The van der Waals surface area contributed by atoms with E-state index in [2.05, 4.69) is 26.1 Å². The third kappa shape index (κ3) is 1.91. The summed E-state index contributed by atoms with van der Waals surface area (Å²) in [6.45, 7) is 0.162. The summed E-state index contributed by atoms with van der Waals surface area (Å²) in [5.41, 5.74) is 5.58. The summed E-state index contributed by atoms with van der Waals surface area (Å²) < 4.78 is 18.9. The van der Waals surface area contributed by atoms with Gasteiger partial charge in [-0.2, -0.15) is 4.98 Å². The highest BCUT2D eigenvalue weighted by Crippen LogP contribution is 2.29. The van der Waals surface area contributed by atoms with E-state index in [1.165, 1.54) is 6.07 Å². The predicted octanol–water partition coefficient (Wildman–Crippen LogP) is 2.10. The molecule has 4 nitrogen and oxygen atoms in total. The van der Waals surface area contributed by atoms with E-state index in [1.807, 2.05) is 0 Å². The van der Waals surface area contributed by atoms with Gasteiger partial charge in [-0.1, -0.05) is 11.2 Å². The molecule has 0 amide bonds. The van der Waals surface area contributed by atoms with E-state index in [4.69, 9.17) is 10.3 Å². The van der Waals surface area contributed by atoms with Gasteiger partial charge in [-0.3, -0.25) is 0 Å². The first kappa shape index (κ1) is 10.3. The number of hydrogen-bond acceptors (Lipinski definition) is 4. The van der Waals surface area contributed by atoms with E-state index in [1.54, 1.807) is 12.1 Å². The van der Waals surface area contributed by atoms with Crippen molar-refractivity contribution in [1.82, 2.24) is 10.1 Å². The second-order valence-corrected chi connectivity index (χ2v) is 3.67. The van der Waals surface area contributed by atoms with Gasteiger partial charge in [-0.25, -0.2) is 4.39 Å². The van der Waals surface area contributed by atoms with Crippen LogP contribution in [0.15, 0.2) is 27.2 Å². The average Bonchev–Trinajstić information content (AvgIpc) is 2.66. The second-order valence-electron chi connectivity index (χ2n) is 2.82. The van der Waals surface area contributed by atoms with Crippen LogP contribution < -0.4 is 5.73 Å². The van der Waals surface area contributed by atoms with Crippen LogP contribution in [0.3, 0.4) is 0 Å². The molecule has 0 aliphatic carbocycles. The molecule has 15 heavy (non-hydrogen) atoms. The van der Waals surface area contributed by atoms with Crippen molar-refractivity contribution in [3.8, 4) is 11.5 Å². The van der Waals surface area contributed by atoms with Gasteiger partial charge in [0.25, 0.3) is 5.89 Å². The van der Waals surface area contributed by atoms with Crippen molar-refractivity contribution in [1.29, 1.82) is 0 Å². The minimum atomic E-state index is -0.420. The number of nitrogens with two attached hydrogens (primary N) is 1. The van der Waals surface area contributed by atoms with Crippen LogP contribution in [-0.2, 0) is 6.54 Å². The summed E-state index contributed by atoms with van der Waals surface area (Å²) in [5, 5.41) is 3.59. The van der Waals surface area contributed by atoms with Gasteiger partial charge < -0.3 is 10.3 Å². The lowest BCUT2D eigenvalue weighted by molar-refractivity contribution is 0.420. The van der Waals surface area contributed by atoms with E-state index >= 15 is 0 Å². The van der Waals surface area contributed by atoms with Crippen LogP contribution in [0.5, 0.6) is 0 Å². The number of benzene rings is 1. The minimum absolute atomic E-state index is 0.125. The molecule has 0 radical (unpaired) electrons. The van der Waals surface area contributed by atoms with Gasteiger partial charge in [0.05, 0.1) is 12.1 Å². The van der Waals surface area contributed by atoms with Gasteiger partial charge in [0.2, 0.25) is 0 Å². The summed E-state index contributed by atoms with van der Waals surface area (Å²) in [6.07, 6.45) is 0. The average molecular weight is 272 g/mol. The lowest BCUT2D eigenvalue weighted by atomic mass is 10.2. The van der Waals surface area contributed by atoms with E-state index in [9.17, 15) is 4.39 Å². The number of hydrogen-bond donors (Lipinski definition) is 1. The van der Waals surface area contributed by atoms with Crippen LogP contribution in [0.1, 0.15) is 5.82 Å². The first-order valence-corrected chi connectivity index (χ1v) is 4.98. The Labute approximate surface area is 93.4 Å². The largest absolute Gasteiger partial charge is 0.334 e. The molecule has 1 aromatic carbocycles. The molecule has 0 unspecified atom stereocenters. The standard InChI is InChI=1S/C9H7BrFN3O/c10-5-2-1-3-6(11)8(5)9-13-7(4-12)14-15-9/h1-3H,4,12H2. The van der Waals surface area contributed by atoms with E-state index in [-0.39, 0.29) is 18.0 Å². The first-order valence-electron chi connectivity index (χ1n) is 4.19. The maximum absolute atomic E-state index is 13.5. The van der Waals surface area contributed by atoms with Crippen molar-refractivity contribution in [2.45, 2.75) is 6.54 Å². The van der Waals surface area contributed by atoms with Crippen molar-refractivity contribution in [3.63, 3.8) is 0 Å². The van der Waals surface area contributed by atoms with Crippen LogP contribution >= 0.6 is 15.9 Å². The first-order chi connectivity index (χ1) is 7.22. The fourth-order valence-electron chi connectivity index (χ4n) is 1.14. The number of halogens is 2. The lowest BCUT2D eigenvalue weighted by Gasteiger charge is -1.99. The van der Waals surface area contributed by atoms with Gasteiger partial charge in [-0.15, -0.1) is 0 Å². The molecule has 2 rings (SSSR count). The molecular weight excluding hydrogens is 265 g/mol. The smallest absolute Gasteiger partial charge is 0.262 e. The number of aromatic nitrogens is 2. The van der Waals surface area contributed by atoms with Crippen LogP contribution in [0.25, 0.3) is 11.5 Å². The van der Waals surface area contributed by atoms with E-state index in [0.29, 0.717) is 10.3 Å². The molecule has 2 aromatic rings. The fraction of sp³-hybridized carbons (Fsp3) is 0.111. The second kappa shape index (κ2) is 4.08. The molecule has 78 valence electrons. The fourth-order valence-corrected chi connectivity index (χ4v) is 1.65. The molecule has 0 aliphatic rings. The zero-order chi connectivity index (χ0) is 10.8. The van der Waals surface area contributed by atoms with Crippen molar-refractivity contribution in [2.75, 3.05) is 0 Å². The zero-order valence-corrected chi connectivity index (χ0v) is 9.16. The van der Waals surface area contributed by atoms with Gasteiger partial charge in [-0.05, 0) is 28.1 Å². The Morgan fingerprint density at radius 2 is 2.27 bits per heavy atom. The van der Waals surface area contributed by atoms with Crippen molar-refractivity contribution < 1.29 is 8.91 Å². The molecule has 0 bridgehead atoms. The minimum Gasteiger partial charge on any atom is -0.334 e. The molecule has 0 saturated carbocycles. The molecule has 1 heterocycles. The van der Waals surface area contributed by atoms with Crippen LogP contribution in [0.4, 0.5) is 4.39 Å². The number of rotatable bonds is 2. The Morgan fingerprint density at radius 3 is 2.87 bits per heavy atom. The van der Waals surface area contributed by atoms with E-state index in [0.717, 1.165) is 0 Å². The SMILES string of the molecule is NCc1noc(-c2c(F)cccc2Br)n1. The zero-order valence-electron chi connectivity index (χ0n) is 7.58. The maximum Gasteiger partial charge on any atom is 0.262 e. The summed E-state index contributed by atoms with van der Waals surface area (Å²) >= 11 is 3.22. The molecule has 0 saturated heterocycles. The van der Waals surface area contributed by atoms with Crippen LogP contribution in [0.2, 0.25) is 0 Å². The van der Waals surface area contributed by atoms with Gasteiger partial charge in [0.1, 0.15) is 5.82 Å². The van der Waals surface area contributed by atoms with Crippen molar-refractivity contribution in [3.05, 3.63) is 34.3 Å². The highest BCUT2D eigenvalue weighted by molar-refractivity contribution is 9.10. The summed E-state index contributed by atoms with van der Waals surface area (Å²) in [6, 6.07) is 4.61. The molecular formula is C9H7BrFN3O. The van der Waals surface area contributed by atoms with Crippen molar-refractivity contribution in [2.24, 2.45) is 5.73 Å². The Balaban J connectivity index is 2.53. The quantitative estimate of drug-likeness (QED) is 0.909. The molecule has 0 atom stereocenters. The Kier molecular flexibility index (Phi) is 2.79. The van der Waals surface area contributed by atoms with E-state index < -0.39 is 5.82 Å². The molecule has 0 fully saturated rings. The third-order valence-corrected chi connectivity index (χ3v) is 2.49. The van der Waals surface area contributed by atoms with Crippen LogP contribution in [-0.4, -0.2) is 10.1 Å². The number of nitrogens with zero attached hydrogens (tertiary/aromatic N) is 2. The molecule has 6 heteroatoms. The Bertz CT molecular complexity index is 466. The predicted molar refractivity (Wildman–Crippen MR) is 55.3 cm³/mol. The highest BCUT2D eigenvalue weighted by Gasteiger charge is 2.15. The van der Waals surface area contributed by atoms with Gasteiger partial charge in [0, 0.05) is 4.47 Å². The Morgan fingerprint density at radius 1 is 1.47 bits per heavy atom. The van der Waals surface area contributed by atoms with Crippen LogP contribution in [0, 0.1) is 5.82 Å². The lowest BCUT2D eigenvalue weighted by Crippen LogP contribution is -1.98. The van der Waals surface area contributed by atoms with Crippen molar-refractivity contribution >= 4 is 15.9 Å². The summed E-state index contributed by atoms with van der Waals surface area (Å²) in [4.78, 5) is 3.95. The monoisotopic (exact) mass is 271 g/mol. The topological polar surface area (TPSA) is 64.9 Å². The maximum atomic E-state index is 13.5. The molecule has 1 aromatic heterocycles.